The van der Waals surface area contributed by atoms with Gasteiger partial charge in [-0.3, -0.25) is 10.1 Å². The molecule has 0 amide bonds. The van der Waals surface area contributed by atoms with E-state index in [1.54, 1.807) is 6.92 Å². The largest absolute Gasteiger partial charge is 0.480 e. The minimum Gasteiger partial charge on any atom is -0.480 e. The zero-order valence-electron chi connectivity index (χ0n) is 13.3. The molecule has 19 heavy (non-hydrogen) atoms. The van der Waals surface area contributed by atoms with E-state index in [-0.39, 0.29) is 6.04 Å². The van der Waals surface area contributed by atoms with Gasteiger partial charge >= 0.3 is 5.97 Å². The van der Waals surface area contributed by atoms with Crippen molar-refractivity contribution in [2.24, 2.45) is 0 Å². The smallest absolute Gasteiger partial charge is 0.323 e. The summed E-state index contributed by atoms with van der Waals surface area (Å²) < 4.78 is 0. The molecule has 0 aliphatic rings. The Bertz CT molecular complexity index is 257. The fourth-order valence-electron chi connectivity index (χ4n) is 2.44. The van der Waals surface area contributed by atoms with Crippen molar-refractivity contribution < 1.29 is 9.90 Å². The fourth-order valence-corrected chi connectivity index (χ4v) is 2.44. The Morgan fingerprint density at radius 1 is 1.26 bits per heavy atom. The van der Waals surface area contributed by atoms with E-state index < -0.39 is 11.5 Å². The monoisotopic (exact) mass is 272 g/mol. The third kappa shape index (κ3) is 7.53. The number of rotatable bonds is 11. The molecule has 0 aliphatic heterocycles. The van der Waals surface area contributed by atoms with Gasteiger partial charge in [-0.25, -0.2) is 0 Å². The Hall–Kier alpha value is -0.610. The molecular weight excluding hydrogens is 240 g/mol. The Labute approximate surface area is 118 Å². The summed E-state index contributed by atoms with van der Waals surface area (Å²) in [4.78, 5) is 13.8. The van der Waals surface area contributed by atoms with Crippen LogP contribution in [0.15, 0.2) is 0 Å². The van der Waals surface area contributed by atoms with Gasteiger partial charge in [-0.2, -0.15) is 0 Å². The van der Waals surface area contributed by atoms with Crippen LogP contribution in [0.25, 0.3) is 0 Å². The summed E-state index contributed by atoms with van der Waals surface area (Å²) in [5, 5.41) is 12.5. The van der Waals surface area contributed by atoms with Crippen molar-refractivity contribution >= 4 is 5.97 Å². The molecule has 4 heteroatoms. The van der Waals surface area contributed by atoms with Crippen LogP contribution in [0.2, 0.25) is 0 Å². The number of carboxylic acid groups (broad SMARTS) is 1. The van der Waals surface area contributed by atoms with Crippen molar-refractivity contribution in [2.75, 3.05) is 19.6 Å². The zero-order valence-corrected chi connectivity index (χ0v) is 13.3. The Morgan fingerprint density at radius 2 is 1.89 bits per heavy atom. The van der Waals surface area contributed by atoms with Gasteiger partial charge in [-0.1, -0.05) is 13.8 Å². The van der Waals surface area contributed by atoms with Crippen molar-refractivity contribution in [1.82, 2.24) is 10.2 Å². The van der Waals surface area contributed by atoms with E-state index in [1.165, 1.54) is 6.42 Å². The van der Waals surface area contributed by atoms with Gasteiger partial charge in [0.1, 0.15) is 5.54 Å². The molecule has 0 heterocycles. The number of aliphatic carboxylic acids is 1. The lowest BCUT2D eigenvalue weighted by molar-refractivity contribution is -0.144. The first-order valence-electron chi connectivity index (χ1n) is 7.59. The molecule has 0 aromatic carbocycles. The van der Waals surface area contributed by atoms with Crippen LogP contribution in [-0.4, -0.2) is 47.2 Å². The summed E-state index contributed by atoms with van der Waals surface area (Å²) in [6, 6.07) is 0.188. The molecule has 0 aromatic heterocycles. The lowest BCUT2D eigenvalue weighted by Crippen LogP contribution is -2.52. The van der Waals surface area contributed by atoms with Crippen LogP contribution < -0.4 is 5.32 Å². The Balaban J connectivity index is 4.10. The SMILES string of the molecule is CCCN(CC)CCCCC(C)(NC(C)C)C(=O)O. The number of nitrogens with one attached hydrogen (secondary N) is 1. The first-order chi connectivity index (χ1) is 8.85. The number of carbonyl (C=O) groups is 1. The highest BCUT2D eigenvalue weighted by molar-refractivity contribution is 5.78. The summed E-state index contributed by atoms with van der Waals surface area (Å²) >= 11 is 0. The van der Waals surface area contributed by atoms with Crippen LogP contribution in [0, 0.1) is 0 Å². The summed E-state index contributed by atoms with van der Waals surface area (Å²) in [6.45, 7) is 13.4. The summed E-state index contributed by atoms with van der Waals surface area (Å²) in [5.74, 6) is -0.748. The highest BCUT2D eigenvalue weighted by atomic mass is 16.4. The van der Waals surface area contributed by atoms with E-state index in [9.17, 15) is 9.90 Å². The van der Waals surface area contributed by atoms with E-state index in [4.69, 9.17) is 0 Å². The summed E-state index contributed by atoms with van der Waals surface area (Å²) in [7, 11) is 0. The molecule has 0 radical (unpaired) electrons. The average molecular weight is 272 g/mol. The molecule has 4 nitrogen and oxygen atoms in total. The minimum atomic E-state index is -0.796. The second-order valence-electron chi connectivity index (χ2n) is 5.83. The third-order valence-corrected chi connectivity index (χ3v) is 3.47. The molecule has 0 aliphatic carbocycles. The van der Waals surface area contributed by atoms with E-state index in [1.807, 2.05) is 13.8 Å². The van der Waals surface area contributed by atoms with E-state index in [0.29, 0.717) is 6.42 Å². The number of hydrogen-bond acceptors (Lipinski definition) is 3. The minimum absolute atomic E-state index is 0.188. The molecular formula is C15H32N2O2. The van der Waals surface area contributed by atoms with Gasteiger partial charge in [0.2, 0.25) is 0 Å². The highest BCUT2D eigenvalue weighted by Gasteiger charge is 2.32. The van der Waals surface area contributed by atoms with Crippen molar-refractivity contribution in [1.29, 1.82) is 0 Å². The van der Waals surface area contributed by atoms with Crippen LogP contribution >= 0.6 is 0 Å². The maximum Gasteiger partial charge on any atom is 0.323 e. The second kappa shape index (κ2) is 9.32. The molecule has 0 aromatic rings. The van der Waals surface area contributed by atoms with Crippen LogP contribution in [0.3, 0.4) is 0 Å². The first kappa shape index (κ1) is 18.4. The zero-order chi connectivity index (χ0) is 14.9. The molecule has 2 N–H and O–H groups in total. The molecule has 1 unspecified atom stereocenters. The van der Waals surface area contributed by atoms with Gasteiger partial charge in [0.15, 0.2) is 0 Å². The molecule has 0 bridgehead atoms. The second-order valence-corrected chi connectivity index (χ2v) is 5.83. The predicted octanol–water partition coefficient (Wildman–Crippen LogP) is 2.73. The van der Waals surface area contributed by atoms with Gasteiger partial charge in [-0.05, 0) is 66.1 Å². The van der Waals surface area contributed by atoms with Gasteiger partial charge < -0.3 is 10.0 Å². The normalized spacial score (nSPS) is 14.9. The lowest BCUT2D eigenvalue weighted by Gasteiger charge is -2.29. The first-order valence-corrected chi connectivity index (χ1v) is 7.59. The van der Waals surface area contributed by atoms with Crippen LogP contribution in [0.5, 0.6) is 0 Å². The maximum atomic E-state index is 11.4. The van der Waals surface area contributed by atoms with Crippen LogP contribution in [0.1, 0.15) is 60.3 Å². The fraction of sp³-hybridized carbons (Fsp3) is 0.933. The molecule has 0 rings (SSSR count). The average Bonchev–Trinajstić information content (AvgIpc) is 2.32. The Kier molecular flexibility index (Phi) is 9.02. The lowest BCUT2D eigenvalue weighted by atomic mass is 9.94. The number of nitrogens with zero attached hydrogens (tertiary/aromatic N) is 1. The third-order valence-electron chi connectivity index (χ3n) is 3.47. The number of hydrogen-bond donors (Lipinski definition) is 2. The van der Waals surface area contributed by atoms with Gasteiger partial charge in [-0.15, -0.1) is 0 Å². The van der Waals surface area contributed by atoms with Gasteiger partial charge in [0, 0.05) is 6.04 Å². The molecule has 0 spiro atoms. The van der Waals surface area contributed by atoms with Crippen molar-refractivity contribution in [3.05, 3.63) is 0 Å². The molecule has 0 saturated carbocycles. The number of unbranched alkanes of at least 4 members (excludes halogenated alkanes) is 1. The molecule has 1 atom stereocenters. The summed E-state index contributed by atoms with van der Waals surface area (Å²) in [5.41, 5.74) is -0.796. The highest BCUT2D eigenvalue weighted by Crippen LogP contribution is 2.15. The standard InChI is InChI=1S/C15H32N2O2/c1-6-11-17(7-2)12-9-8-10-15(5,14(18)19)16-13(3)4/h13,16H,6-12H2,1-5H3,(H,18,19). The van der Waals surface area contributed by atoms with E-state index in [0.717, 1.165) is 32.5 Å². The van der Waals surface area contributed by atoms with Crippen molar-refractivity contribution in [3.63, 3.8) is 0 Å². The van der Waals surface area contributed by atoms with Crippen molar-refractivity contribution in [2.45, 2.75) is 71.9 Å². The molecule has 0 saturated heterocycles. The van der Waals surface area contributed by atoms with E-state index in [2.05, 4.69) is 24.1 Å². The van der Waals surface area contributed by atoms with Crippen LogP contribution in [-0.2, 0) is 4.79 Å². The topological polar surface area (TPSA) is 52.6 Å². The van der Waals surface area contributed by atoms with E-state index >= 15 is 0 Å². The summed E-state index contributed by atoms with van der Waals surface area (Å²) in [6.07, 6.45) is 3.87. The Morgan fingerprint density at radius 3 is 2.32 bits per heavy atom. The predicted molar refractivity (Wildman–Crippen MR) is 80.6 cm³/mol. The molecule has 114 valence electrons. The number of carboxylic acids is 1. The maximum absolute atomic E-state index is 11.4. The van der Waals surface area contributed by atoms with Crippen molar-refractivity contribution in [3.8, 4) is 0 Å². The van der Waals surface area contributed by atoms with Gasteiger partial charge in [0.25, 0.3) is 0 Å². The quantitative estimate of drug-likeness (QED) is 0.568. The van der Waals surface area contributed by atoms with Crippen LogP contribution in [0.4, 0.5) is 0 Å². The molecule has 0 fully saturated rings. The van der Waals surface area contributed by atoms with Gasteiger partial charge in [0.05, 0.1) is 0 Å².